The van der Waals surface area contributed by atoms with E-state index in [1.807, 2.05) is 30.3 Å². The van der Waals surface area contributed by atoms with Crippen LogP contribution in [0.4, 0.5) is 22.7 Å². The first-order chi connectivity index (χ1) is 15.8. The molecule has 0 aliphatic carbocycles. The molecule has 9 heteroatoms. The van der Waals surface area contributed by atoms with Crippen molar-refractivity contribution in [2.45, 2.75) is 24.5 Å². The Hall–Kier alpha value is -3.30. The van der Waals surface area contributed by atoms with E-state index < -0.39 is 24.5 Å². The fourth-order valence-electron chi connectivity index (χ4n) is 3.81. The third-order valence-electron chi connectivity index (χ3n) is 5.62. The van der Waals surface area contributed by atoms with Crippen LogP contribution in [0.2, 0.25) is 0 Å². The number of aliphatic hydroxyl groups is 1. The molecule has 3 aromatic carbocycles. The van der Waals surface area contributed by atoms with Gasteiger partial charge < -0.3 is 5.11 Å². The van der Waals surface area contributed by atoms with E-state index in [0.29, 0.717) is 16.3 Å². The van der Waals surface area contributed by atoms with Crippen molar-refractivity contribution >= 4 is 33.0 Å². The standard InChI is InChI=1S/C24H17F4N3OS/c25-21(26)24(27,28)23(32)13-19(18-11-10-15-6-4-5-9-17(15)12-18)30-31(23)22-29-20(14-33-22)16-7-2-1-3-8-16/h1-12,14,21,32H,13H2. The molecule has 1 unspecified atom stereocenters. The van der Waals surface area contributed by atoms with E-state index in [0.717, 1.165) is 27.7 Å². The Kier molecular flexibility index (Phi) is 5.18. The van der Waals surface area contributed by atoms with Crippen molar-refractivity contribution in [3.63, 3.8) is 0 Å². The van der Waals surface area contributed by atoms with Crippen LogP contribution in [-0.4, -0.2) is 33.9 Å². The van der Waals surface area contributed by atoms with Gasteiger partial charge in [0.25, 0.3) is 0 Å². The third-order valence-corrected chi connectivity index (χ3v) is 6.43. The van der Waals surface area contributed by atoms with E-state index in [4.69, 9.17) is 0 Å². The molecule has 1 aromatic heterocycles. The van der Waals surface area contributed by atoms with Gasteiger partial charge in [0.1, 0.15) is 0 Å². The lowest BCUT2D eigenvalue weighted by Gasteiger charge is -2.36. The summed E-state index contributed by atoms with van der Waals surface area (Å²) in [4.78, 5) is 4.31. The van der Waals surface area contributed by atoms with Gasteiger partial charge in [-0.15, -0.1) is 11.3 Å². The fraction of sp³-hybridized carbons (Fsp3) is 0.167. The monoisotopic (exact) mass is 471 g/mol. The summed E-state index contributed by atoms with van der Waals surface area (Å²) in [5, 5.41) is 19.0. The SMILES string of the molecule is OC1(C(F)(F)C(F)F)CC(c2ccc3ccccc3c2)=NN1c1nc(-c2ccccc2)cs1. The first kappa shape index (κ1) is 21.5. The number of rotatable bonds is 5. The van der Waals surface area contributed by atoms with Crippen molar-refractivity contribution < 1.29 is 22.7 Å². The molecule has 1 aliphatic heterocycles. The summed E-state index contributed by atoms with van der Waals surface area (Å²) in [6.45, 7) is 0. The topological polar surface area (TPSA) is 48.7 Å². The number of nitrogens with zero attached hydrogens (tertiary/aromatic N) is 3. The zero-order valence-corrected chi connectivity index (χ0v) is 17.8. The Morgan fingerprint density at radius 2 is 1.64 bits per heavy atom. The molecular weight excluding hydrogens is 454 g/mol. The van der Waals surface area contributed by atoms with Crippen LogP contribution in [0.3, 0.4) is 0 Å². The summed E-state index contributed by atoms with van der Waals surface area (Å²) in [5.41, 5.74) is -1.55. The maximum absolute atomic E-state index is 14.7. The molecule has 1 atom stereocenters. The second-order valence-electron chi connectivity index (χ2n) is 7.72. The first-order valence-corrected chi connectivity index (χ1v) is 10.9. The van der Waals surface area contributed by atoms with Gasteiger partial charge in [-0.25, -0.2) is 13.8 Å². The van der Waals surface area contributed by atoms with Crippen LogP contribution in [-0.2, 0) is 0 Å². The molecule has 0 spiro atoms. The van der Waals surface area contributed by atoms with Crippen LogP contribution in [0, 0.1) is 0 Å². The van der Waals surface area contributed by atoms with Gasteiger partial charge >= 0.3 is 12.3 Å². The van der Waals surface area contributed by atoms with Crippen molar-refractivity contribution in [3.8, 4) is 11.3 Å². The fourth-order valence-corrected chi connectivity index (χ4v) is 4.66. The van der Waals surface area contributed by atoms with Crippen molar-refractivity contribution in [1.82, 2.24) is 4.98 Å². The number of fused-ring (bicyclic) bond motifs is 1. The second-order valence-corrected chi connectivity index (χ2v) is 8.56. The van der Waals surface area contributed by atoms with Gasteiger partial charge in [0.2, 0.25) is 10.9 Å². The lowest BCUT2D eigenvalue weighted by Crippen LogP contribution is -2.60. The van der Waals surface area contributed by atoms with Crippen molar-refractivity contribution in [3.05, 3.63) is 83.7 Å². The number of aromatic nitrogens is 1. The zero-order valence-electron chi connectivity index (χ0n) is 17.0. The van der Waals surface area contributed by atoms with E-state index in [2.05, 4.69) is 10.1 Å². The smallest absolute Gasteiger partial charge is 0.355 e. The highest BCUT2D eigenvalue weighted by Gasteiger charge is 2.66. The van der Waals surface area contributed by atoms with E-state index in [-0.39, 0.29) is 10.8 Å². The summed E-state index contributed by atoms with van der Waals surface area (Å²) in [5.74, 6) is -4.76. The molecule has 5 rings (SSSR count). The minimum absolute atomic E-state index is 0.0695. The molecular formula is C24H17F4N3OS. The van der Waals surface area contributed by atoms with E-state index in [1.54, 1.807) is 47.8 Å². The predicted molar refractivity (Wildman–Crippen MR) is 121 cm³/mol. The van der Waals surface area contributed by atoms with Gasteiger partial charge in [0.05, 0.1) is 11.4 Å². The lowest BCUT2D eigenvalue weighted by atomic mass is 9.95. The quantitative estimate of drug-likeness (QED) is 0.354. The summed E-state index contributed by atoms with van der Waals surface area (Å²) < 4.78 is 56.2. The normalized spacial score (nSPS) is 18.8. The average molecular weight is 471 g/mol. The lowest BCUT2D eigenvalue weighted by molar-refractivity contribution is -0.237. The average Bonchev–Trinajstić information content (AvgIpc) is 3.45. The molecule has 0 fully saturated rings. The van der Waals surface area contributed by atoms with Gasteiger partial charge in [0, 0.05) is 17.4 Å². The second kappa shape index (κ2) is 7.93. The van der Waals surface area contributed by atoms with Gasteiger partial charge in [-0.2, -0.15) is 18.9 Å². The number of alkyl halides is 4. The predicted octanol–water partition coefficient (Wildman–Crippen LogP) is 6.17. The summed E-state index contributed by atoms with van der Waals surface area (Å²) in [6.07, 6.45) is -4.88. The van der Waals surface area contributed by atoms with Gasteiger partial charge in [0.15, 0.2) is 0 Å². The van der Waals surface area contributed by atoms with Crippen LogP contribution < -0.4 is 5.01 Å². The van der Waals surface area contributed by atoms with Crippen molar-refractivity contribution in [1.29, 1.82) is 0 Å². The molecule has 0 saturated heterocycles. The minimum atomic E-state index is -4.76. The molecule has 168 valence electrons. The molecule has 33 heavy (non-hydrogen) atoms. The Morgan fingerprint density at radius 1 is 0.939 bits per heavy atom. The summed E-state index contributed by atoms with van der Waals surface area (Å²) in [7, 11) is 0. The molecule has 0 bridgehead atoms. The Morgan fingerprint density at radius 3 is 2.36 bits per heavy atom. The highest BCUT2D eigenvalue weighted by atomic mass is 32.1. The van der Waals surface area contributed by atoms with Gasteiger partial charge in [-0.1, -0.05) is 66.7 Å². The Balaban J connectivity index is 1.60. The molecule has 1 N–H and O–H groups in total. The third kappa shape index (κ3) is 3.57. The van der Waals surface area contributed by atoms with Gasteiger partial charge in [-0.05, 0) is 22.4 Å². The van der Waals surface area contributed by atoms with Crippen molar-refractivity contribution in [2.24, 2.45) is 5.10 Å². The molecule has 1 aliphatic rings. The maximum Gasteiger partial charge on any atom is 0.355 e. The van der Waals surface area contributed by atoms with Crippen LogP contribution in [0.5, 0.6) is 0 Å². The maximum atomic E-state index is 14.7. The highest BCUT2D eigenvalue weighted by Crippen LogP contribution is 2.47. The van der Waals surface area contributed by atoms with Gasteiger partial charge in [-0.3, -0.25) is 0 Å². The largest absolute Gasteiger partial charge is 0.364 e. The Bertz CT molecular complexity index is 1340. The molecule has 4 nitrogen and oxygen atoms in total. The summed E-state index contributed by atoms with van der Waals surface area (Å²) >= 11 is 0.941. The van der Waals surface area contributed by atoms with Crippen LogP contribution >= 0.6 is 11.3 Å². The van der Waals surface area contributed by atoms with Crippen LogP contribution in [0.1, 0.15) is 12.0 Å². The Labute approximate surface area is 190 Å². The molecule has 2 heterocycles. The minimum Gasteiger partial charge on any atom is -0.364 e. The van der Waals surface area contributed by atoms with E-state index >= 15 is 0 Å². The van der Waals surface area contributed by atoms with E-state index in [1.165, 1.54) is 0 Å². The number of halogens is 4. The molecule has 4 aromatic rings. The highest BCUT2D eigenvalue weighted by molar-refractivity contribution is 7.14. The molecule has 0 amide bonds. The molecule has 0 saturated carbocycles. The van der Waals surface area contributed by atoms with Crippen molar-refractivity contribution in [2.75, 3.05) is 5.01 Å². The molecule has 0 radical (unpaired) electrons. The number of hydrogen-bond acceptors (Lipinski definition) is 5. The summed E-state index contributed by atoms with van der Waals surface area (Å²) in [6, 6.07) is 21.6. The van der Waals surface area contributed by atoms with E-state index in [9.17, 15) is 22.7 Å². The first-order valence-electron chi connectivity index (χ1n) is 10.1. The van der Waals surface area contributed by atoms with Crippen LogP contribution in [0.15, 0.2) is 83.3 Å². The zero-order chi connectivity index (χ0) is 23.2. The van der Waals surface area contributed by atoms with Crippen LogP contribution in [0.25, 0.3) is 22.0 Å². The number of benzene rings is 3. The number of hydrazone groups is 1. The number of anilines is 1. The number of thiazole rings is 1. The number of hydrogen-bond donors (Lipinski definition) is 1.